The van der Waals surface area contributed by atoms with Gasteiger partial charge in [-0.1, -0.05) is 11.6 Å². The molecule has 3 aliphatic heterocycles. The Morgan fingerprint density at radius 1 is 1.19 bits per heavy atom. The highest BCUT2D eigenvalue weighted by Gasteiger charge is 2.36. The van der Waals surface area contributed by atoms with E-state index in [1.54, 1.807) is 11.8 Å². The fourth-order valence-electron chi connectivity index (χ4n) is 6.36. The summed E-state index contributed by atoms with van der Waals surface area (Å²) in [6.07, 6.45) is 1.70. The van der Waals surface area contributed by atoms with Crippen LogP contribution in [0.15, 0.2) is 12.1 Å². The van der Waals surface area contributed by atoms with Crippen LogP contribution in [-0.2, 0) is 0 Å². The summed E-state index contributed by atoms with van der Waals surface area (Å²) in [5, 5.41) is 10.7. The van der Waals surface area contributed by atoms with E-state index in [2.05, 4.69) is 19.9 Å². The Morgan fingerprint density at radius 2 is 1.98 bits per heavy atom. The Labute approximate surface area is 252 Å². The number of benzene rings is 1. The first-order chi connectivity index (χ1) is 20.6. The van der Waals surface area contributed by atoms with Crippen LogP contribution in [0.5, 0.6) is 17.6 Å². The van der Waals surface area contributed by atoms with Crippen LogP contribution in [0.1, 0.15) is 56.9 Å². The summed E-state index contributed by atoms with van der Waals surface area (Å²) >= 11 is 6.42. The number of pyridine rings is 1. The number of halogens is 5. The number of phenolic OH excluding ortho intramolecular Hbond substituents is 1. The zero-order valence-corrected chi connectivity index (χ0v) is 24.8. The van der Waals surface area contributed by atoms with Crippen LogP contribution in [0, 0.1) is 5.82 Å². The number of alkyl halides is 3. The van der Waals surface area contributed by atoms with Crippen molar-refractivity contribution in [1.29, 1.82) is 0 Å². The van der Waals surface area contributed by atoms with E-state index in [9.17, 15) is 18.3 Å². The van der Waals surface area contributed by atoms with E-state index >= 15 is 4.39 Å². The number of phenols is 1. The van der Waals surface area contributed by atoms with Crippen LogP contribution in [0.3, 0.4) is 0 Å². The lowest BCUT2D eigenvalue weighted by Gasteiger charge is -2.28. The molecule has 1 aromatic carbocycles. The minimum atomic E-state index is -2.51. The number of hydrogen-bond donors (Lipinski definition) is 1. The molecule has 4 aliphatic rings. The predicted octanol–water partition coefficient (Wildman–Crippen LogP) is 6.51. The van der Waals surface area contributed by atoms with Crippen LogP contribution < -0.4 is 14.4 Å². The van der Waals surface area contributed by atoms with Crippen molar-refractivity contribution in [1.82, 2.24) is 19.9 Å². The topological polar surface area (TPSA) is 83.8 Å². The maximum absolute atomic E-state index is 16.1. The summed E-state index contributed by atoms with van der Waals surface area (Å²) in [7, 11) is 1.34. The number of methoxy groups -OCH3 is 1. The van der Waals surface area contributed by atoms with Crippen molar-refractivity contribution in [3.05, 3.63) is 28.5 Å². The van der Waals surface area contributed by atoms with Gasteiger partial charge in [-0.25, -0.2) is 22.5 Å². The molecule has 2 unspecified atom stereocenters. The second kappa shape index (κ2) is 12.1. The van der Waals surface area contributed by atoms with E-state index in [1.807, 2.05) is 0 Å². The molecule has 0 radical (unpaired) electrons. The zero-order valence-electron chi connectivity index (χ0n) is 24.0. The molecular weight excluding hydrogens is 590 g/mol. The molecule has 43 heavy (non-hydrogen) atoms. The molecule has 3 aromatic rings. The van der Waals surface area contributed by atoms with Gasteiger partial charge in [-0.15, -0.1) is 0 Å². The van der Waals surface area contributed by atoms with Gasteiger partial charge in [0.2, 0.25) is 12.3 Å². The van der Waals surface area contributed by atoms with Crippen LogP contribution in [0.25, 0.3) is 22.2 Å². The van der Waals surface area contributed by atoms with E-state index in [1.165, 1.54) is 32.1 Å². The summed E-state index contributed by atoms with van der Waals surface area (Å²) in [4.78, 5) is 17.0. The lowest BCUT2D eigenvalue weighted by atomic mass is 9.98. The van der Waals surface area contributed by atoms with Crippen molar-refractivity contribution in [3.63, 3.8) is 0 Å². The molecule has 5 heterocycles. The van der Waals surface area contributed by atoms with Crippen molar-refractivity contribution in [2.75, 3.05) is 38.3 Å². The van der Waals surface area contributed by atoms with Crippen molar-refractivity contribution < 1.29 is 32.1 Å². The fourth-order valence-corrected chi connectivity index (χ4v) is 6.73. The van der Waals surface area contributed by atoms with Crippen molar-refractivity contribution in [2.24, 2.45) is 0 Å². The lowest BCUT2D eigenvalue weighted by Crippen LogP contribution is -2.38. The Kier molecular flexibility index (Phi) is 8.43. The average molecular weight is 624 g/mol. The quantitative estimate of drug-likeness (QED) is 0.311. The lowest BCUT2D eigenvalue weighted by molar-refractivity contribution is 0.138. The number of aromatic nitrogens is 3. The molecule has 3 atom stereocenters. The van der Waals surface area contributed by atoms with Gasteiger partial charge in [0.25, 0.3) is 0 Å². The molecular formula is C30H34ClF4N5O3. The minimum absolute atomic E-state index is 0.0196. The van der Waals surface area contributed by atoms with E-state index in [0.717, 1.165) is 25.8 Å². The highest BCUT2D eigenvalue weighted by atomic mass is 35.5. The third-order valence-electron chi connectivity index (χ3n) is 8.56. The molecule has 0 spiro atoms. The molecule has 1 saturated carbocycles. The zero-order chi connectivity index (χ0) is 30.4. The summed E-state index contributed by atoms with van der Waals surface area (Å²) in [6.45, 7) is 3.75. The number of ether oxygens (including phenoxy) is 2. The van der Waals surface area contributed by atoms with E-state index in [4.69, 9.17) is 21.1 Å². The van der Waals surface area contributed by atoms with Gasteiger partial charge >= 0.3 is 6.01 Å². The smallest absolute Gasteiger partial charge is 0.318 e. The Bertz CT molecular complexity index is 1500. The first kappa shape index (κ1) is 29.9. The van der Waals surface area contributed by atoms with Gasteiger partial charge in [0.1, 0.15) is 40.9 Å². The predicted molar refractivity (Wildman–Crippen MR) is 155 cm³/mol. The molecule has 1 N–H and O–H groups in total. The maximum atomic E-state index is 16.1. The molecule has 0 amide bonds. The number of rotatable bonds is 6. The monoisotopic (exact) mass is 623 g/mol. The molecule has 2 aromatic heterocycles. The van der Waals surface area contributed by atoms with Crippen molar-refractivity contribution in [2.45, 2.75) is 76.0 Å². The first-order valence-electron chi connectivity index (χ1n) is 14.7. The van der Waals surface area contributed by atoms with Gasteiger partial charge in [0.05, 0.1) is 13.2 Å². The third-order valence-corrected chi connectivity index (χ3v) is 8.88. The number of anilines is 1. The fraction of sp³-hybridized carbons (Fsp3) is 0.567. The Hall–Kier alpha value is -3.12. The van der Waals surface area contributed by atoms with Crippen molar-refractivity contribution in [3.8, 4) is 28.9 Å². The van der Waals surface area contributed by atoms with E-state index in [0.29, 0.717) is 28.7 Å². The number of aromatic hydroxyl groups is 1. The molecule has 232 valence electrons. The average Bonchev–Trinajstić information content (AvgIpc) is 3.63. The first-order valence-corrected chi connectivity index (χ1v) is 15.1. The summed E-state index contributed by atoms with van der Waals surface area (Å²) in [5.74, 6) is -0.449. The van der Waals surface area contributed by atoms with Gasteiger partial charge in [0, 0.05) is 36.1 Å². The highest BCUT2D eigenvalue weighted by Crippen LogP contribution is 2.50. The number of hydrogen-bond acceptors (Lipinski definition) is 8. The Balaban J connectivity index is 0.000000310. The molecule has 2 saturated heterocycles. The summed E-state index contributed by atoms with van der Waals surface area (Å²) < 4.78 is 65.8. The Morgan fingerprint density at radius 3 is 2.67 bits per heavy atom. The van der Waals surface area contributed by atoms with Gasteiger partial charge in [-0.3, -0.25) is 4.90 Å². The van der Waals surface area contributed by atoms with Gasteiger partial charge < -0.3 is 19.5 Å². The summed E-state index contributed by atoms with van der Waals surface area (Å²) in [5.41, 5.74) is 0.888. The normalized spacial score (nSPS) is 23.2. The van der Waals surface area contributed by atoms with Crippen LogP contribution in [-0.4, -0.2) is 83.0 Å². The molecule has 7 rings (SSSR count). The molecule has 8 nitrogen and oxygen atoms in total. The summed E-state index contributed by atoms with van der Waals surface area (Å²) in [6, 6.07) is 3.00. The van der Waals surface area contributed by atoms with Crippen LogP contribution in [0.4, 0.5) is 23.4 Å². The molecule has 1 aliphatic carbocycles. The highest BCUT2D eigenvalue weighted by molar-refractivity contribution is 6.32. The van der Waals surface area contributed by atoms with Gasteiger partial charge in [-0.2, -0.15) is 9.97 Å². The minimum Gasteiger partial charge on any atom is -0.508 e. The standard InChI is InChI=1S/C23H22ClF3N4O3.C7H12FN/c1-10-9-34-22-17-20(29-23(33-2)30-21(17)31(10)6-5-15(25)26)18(27)19(28-22)13-7-12(32)8-14(24)16(13)11-3-4-11;8-6-4-7-2-1-3-9(7)5-6/h7-8,10-11,15,32H,3-6,9H2,1-2H3;6-7H,1-5H2/t10-;/m0./s1. The van der Waals surface area contributed by atoms with Gasteiger partial charge in [-0.05, 0) is 69.2 Å². The third kappa shape index (κ3) is 6.00. The largest absolute Gasteiger partial charge is 0.508 e. The maximum Gasteiger partial charge on any atom is 0.318 e. The van der Waals surface area contributed by atoms with E-state index in [-0.39, 0.29) is 65.2 Å². The second-order valence-electron chi connectivity index (χ2n) is 11.7. The van der Waals surface area contributed by atoms with Crippen molar-refractivity contribution >= 4 is 28.3 Å². The second-order valence-corrected chi connectivity index (χ2v) is 12.1. The van der Waals surface area contributed by atoms with Crippen LogP contribution in [0.2, 0.25) is 5.02 Å². The van der Waals surface area contributed by atoms with E-state index < -0.39 is 24.8 Å². The molecule has 3 fully saturated rings. The van der Waals surface area contributed by atoms with Gasteiger partial charge in [0.15, 0.2) is 5.82 Å². The number of fused-ring (bicyclic) bond motifs is 1. The molecule has 13 heteroatoms. The number of nitrogens with zero attached hydrogens (tertiary/aromatic N) is 5. The van der Waals surface area contributed by atoms with Crippen LogP contribution >= 0.6 is 11.6 Å². The SMILES string of the molecule is COc1nc2c3c(nc(-c4cc(O)cc(Cl)c4C4CC4)c(F)c3n1)OC[C@H](C)N2CCC(F)F.FC1CC2CCCN2C1. The molecule has 0 bridgehead atoms.